The highest BCUT2D eigenvalue weighted by Gasteiger charge is 2.57. The minimum absolute atomic E-state index is 0.192. The Morgan fingerprint density at radius 2 is 1.75 bits per heavy atom. The van der Waals surface area contributed by atoms with Gasteiger partial charge in [0.1, 0.15) is 0 Å². The van der Waals surface area contributed by atoms with Crippen molar-refractivity contribution in [2.24, 2.45) is 40.4 Å². The van der Waals surface area contributed by atoms with Crippen LogP contribution in [0.15, 0.2) is 23.3 Å². The Bertz CT molecular complexity index is 643. The molecule has 4 aliphatic rings. The number of fused-ring (bicyclic) bond motifs is 5. The highest BCUT2D eigenvalue weighted by molar-refractivity contribution is 5.40. The molecule has 1 unspecified atom stereocenters. The number of hydrogen-bond donors (Lipinski definition) is 1. The smallest absolute Gasteiger partial charge is 0.0758 e. The van der Waals surface area contributed by atoms with Crippen LogP contribution >= 0.6 is 0 Å². The molecule has 0 aromatic rings. The van der Waals surface area contributed by atoms with E-state index in [1.165, 1.54) is 63.4 Å². The van der Waals surface area contributed by atoms with Gasteiger partial charge in [-0.2, -0.15) is 0 Å². The molecule has 0 aromatic heterocycles. The van der Waals surface area contributed by atoms with Crippen LogP contribution in [0.5, 0.6) is 0 Å². The van der Waals surface area contributed by atoms with E-state index in [-0.39, 0.29) is 11.5 Å². The van der Waals surface area contributed by atoms with E-state index in [1.54, 1.807) is 5.57 Å². The number of hydrogen-bond acceptors (Lipinski definition) is 1. The third-order valence-electron chi connectivity index (χ3n) is 9.73. The summed E-state index contributed by atoms with van der Waals surface area (Å²) in [4.78, 5) is 0. The van der Waals surface area contributed by atoms with Gasteiger partial charge in [-0.25, -0.2) is 0 Å². The Hall–Kier alpha value is -0.560. The van der Waals surface area contributed by atoms with E-state index in [9.17, 15) is 5.11 Å². The maximum atomic E-state index is 10.6. The van der Waals surface area contributed by atoms with E-state index >= 15 is 0 Å². The Kier molecular flexibility index (Phi) is 5.62. The summed E-state index contributed by atoms with van der Waals surface area (Å²) < 4.78 is 0. The average Bonchev–Trinajstić information content (AvgIpc) is 2.98. The quantitative estimate of drug-likeness (QED) is 0.527. The van der Waals surface area contributed by atoms with Gasteiger partial charge in [0.15, 0.2) is 0 Å². The highest BCUT2D eigenvalue weighted by Crippen LogP contribution is 2.66. The van der Waals surface area contributed by atoms with Gasteiger partial charge in [-0.15, -0.1) is 0 Å². The fourth-order valence-corrected chi connectivity index (χ4v) is 8.14. The third kappa shape index (κ3) is 3.24. The molecule has 0 saturated heterocycles. The molecule has 4 rings (SSSR count). The Morgan fingerprint density at radius 1 is 0.964 bits per heavy atom. The van der Waals surface area contributed by atoms with Gasteiger partial charge in [-0.05, 0) is 90.9 Å². The largest absolute Gasteiger partial charge is 0.389 e. The molecule has 0 aromatic carbocycles. The molecule has 158 valence electrons. The third-order valence-corrected chi connectivity index (χ3v) is 9.73. The summed E-state index contributed by atoms with van der Waals surface area (Å²) in [6, 6.07) is 0. The number of aliphatic hydroxyl groups excluding tert-OH is 1. The maximum Gasteiger partial charge on any atom is 0.0758 e. The van der Waals surface area contributed by atoms with Gasteiger partial charge in [-0.3, -0.25) is 0 Å². The second kappa shape index (κ2) is 7.60. The van der Waals surface area contributed by atoms with Crippen molar-refractivity contribution >= 4 is 0 Å². The van der Waals surface area contributed by atoms with Crippen LogP contribution in [-0.2, 0) is 0 Å². The zero-order chi connectivity index (χ0) is 20.1. The van der Waals surface area contributed by atoms with E-state index in [2.05, 4.69) is 46.8 Å². The van der Waals surface area contributed by atoms with Gasteiger partial charge in [0.2, 0.25) is 0 Å². The van der Waals surface area contributed by atoms with Crippen LogP contribution in [0.2, 0.25) is 0 Å². The van der Waals surface area contributed by atoms with Gasteiger partial charge in [0, 0.05) is 0 Å². The SMILES string of the molecule is CC(C)CCC[C@@H](C)[C@H]1CC[C@H]2C3=CC=C4C(O)CCC[C@]4(C)[C@H]3CC[C@]12C. The lowest BCUT2D eigenvalue weighted by atomic mass is 9.50. The molecule has 0 spiro atoms. The molecule has 4 aliphatic carbocycles. The number of aliphatic hydroxyl groups is 1. The second-order valence-corrected chi connectivity index (χ2v) is 11.7. The Morgan fingerprint density at radius 3 is 2.50 bits per heavy atom. The first-order chi connectivity index (χ1) is 13.3. The van der Waals surface area contributed by atoms with E-state index in [0.717, 1.165) is 30.1 Å². The first-order valence-electron chi connectivity index (χ1n) is 12.4. The first-order valence-corrected chi connectivity index (χ1v) is 12.4. The monoisotopic (exact) mass is 384 g/mol. The minimum atomic E-state index is -0.192. The van der Waals surface area contributed by atoms with Crippen LogP contribution in [0.25, 0.3) is 0 Å². The van der Waals surface area contributed by atoms with Crippen LogP contribution in [0.3, 0.4) is 0 Å². The summed E-state index contributed by atoms with van der Waals surface area (Å²) in [5.41, 5.74) is 3.86. The van der Waals surface area contributed by atoms with Crippen LogP contribution in [0.1, 0.15) is 98.8 Å². The fourth-order valence-electron chi connectivity index (χ4n) is 8.14. The van der Waals surface area contributed by atoms with Crippen molar-refractivity contribution in [3.63, 3.8) is 0 Å². The predicted octanol–water partition coefficient (Wildman–Crippen LogP) is 7.31. The normalized spacial score (nSPS) is 43.7. The van der Waals surface area contributed by atoms with Crippen LogP contribution in [0.4, 0.5) is 0 Å². The molecule has 1 N–H and O–H groups in total. The Balaban J connectivity index is 1.54. The summed E-state index contributed by atoms with van der Waals surface area (Å²) in [7, 11) is 0. The lowest BCUT2D eigenvalue weighted by Gasteiger charge is -2.55. The molecule has 0 bridgehead atoms. The van der Waals surface area contributed by atoms with E-state index in [4.69, 9.17) is 0 Å². The molecule has 0 aliphatic heterocycles. The van der Waals surface area contributed by atoms with Crippen LogP contribution < -0.4 is 0 Å². The minimum Gasteiger partial charge on any atom is -0.389 e. The summed E-state index contributed by atoms with van der Waals surface area (Å²) >= 11 is 0. The molecule has 1 nitrogen and oxygen atoms in total. The summed E-state index contributed by atoms with van der Waals surface area (Å²) in [6.07, 6.45) is 17.9. The summed E-state index contributed by atoms with van der Waals surface area (Å²) in [6.45, 7) is 12.4. The van der Waals surface area contributed by atoms with Crippen molar-refractivity contribution in [3.05, 3.63) is 23.3 Å². The van der Waals surface area contributed by atoms with Crippen molar-refractivity contribution in [1.29, 1.82) is 0 Å². The van der Waals surface area contributed by atoms with Crippen molar-refractivity contribution in [1.82, 2.24) is 0 Å². The predicted molar refractivity (Wildman–Crippen MR) is 119 cm³/mol. The molecule has 7 atom stereocenters. The van der Waals surface area contributed by atoms with E-state index in [0.29, 0.717) is 11.3 Å². The molecule has 1 heteroatoms. The van der Waals surface area contributed by atoms with Crippen molar-refractivity contribution in [3.8, 4) is 0 Å². The second-order valence-electron chi connectivity index (χ2n) is 11.7. The molecule has 3 saturated carbocycles. The molecule has 0 amide bonds. The van der Waals surface area contributed by atoms with Crippen LogP contribution in [-0.4, -0.2) is 11.2 Å². The molecule has 0 heterocycles. The van der Waals surface area contributed by atoms with E-state index < -0.39 is 0 Å². The average molecular weight is 385 g/mol. The maximum absolute atomic E-state index is 10.6. The molecular formula is C27H44O. The summed E-state index contributed by atoms with van der Waals surface area (Å²) in [5, 5.41) is 10.6. The lowest BCUT2D eigenvalue weighted by Crippen LogP contribution is -2.47. The number of allylic oxidation sites excluding steroid dienone is 3. The molecule has 28 heavy (non-hydrogen) atoms. The Labute approximate surface area is 174 Å². The van der Waals surface area contributed by atoms with Gasteiger partial charge in [-0.1, -0.05) is 71.6 Å². The summed E-state index contributed by atoms with van der Waals surface area (Å²) in [5.74, 6) is 4.09. The topological polar surface area (TPSA) is 20.2 Å². The standard InChI is InChI=1S/C27H44O/c1-18(2)8-6-9-19(3)21-13-14-22-20-11-12-24-25(28)10-7-16-26(24,4)23(20)15-17-27(21,22)5/h11-12,18-19,21-23,25,28H,6-10,13-17H2,1-5H3/t19-,21-,22+,23+,25?,26-,27-/m1/s1. The van der Waals surface area contributed by atoms with Gasteiger partial charge in [0.05, 0.1) is 6.10 Å². The van der Waals surface area contributed by atoms with Crippen molar-refractivity contribution in [2.75, 3.05) is 0 Å². The fraction of sp³-hybridized carbons (Fsp3) is 0.852. The zero-order valence-corrected chi connectivity index (χ0v) is 19.1. The number of rotatable bonds is 5. The van der Waals surface area contributed by atoms with Crippen molar-refractivity contribution in [2.45, 2.75) is 105 Å². The highest BCUT2D eigenvalue weighted by atomic mass is 16.3. The first kappa shape index (κ1) is 20.7. The van der Waals surface area contributed by atoms with Gasteiger partial charge < -0.3 is 5.11 Å². The van der Waals surface area contributed by atoms with Crippen molar-refractivity contribution < 1.29 is 5.11 Å². The lowest BCUT2D eigenvalue weighted by molar-refractivity contribution is 0.0319. The molecular weight excluding hydrogens is 340 g/mol. The van der Waals surface area contributed by atoms with E-state index in [1.807, 2.05) is 0 Å². The molecule has 3 fully saturated rings. The molecule has 0 radical (unpaired) electrons. The van der Waals surface area contributed by atoms with Gasteiger partial charge in [0.25, 0.3) is 0 Å². The van der Waals surface area contributed by atoms with Crippen LogP contribution in [0, 0.1) is 40.4 Å². The van der Waals surface area contributed by atoms with Gasteiger partial charge >= 0.3 is 0 Å². The zero-order valence-electron chi connectivity index (χ0n) is 19.1.